The minimum atomic E-state index is -0.855. The van der Waals surface area contributed by atoms with Gasteiger partial charge in [-0.05, 0) is 31.0 Å². The van der Waals surface area contributed by atoms with Crippen LogP contribution in [0.3, 0.4) is 0 Å². The van der Waals surface area contributed by atoms with Crippen molar-refractivity contribution < 1.29 is 33.4 Å². The Kier molecular flexibility index (Phi) is 6.00. The minimum Gasteiger partial charge on any atom is -0.506 e. The van der Waals surface area contributed by atoms with Crippen molar-refractivity contribution in [1.82, 2.24) is 0 Å². The van der Waals surface area contributed by atoms with Gasteiger partial charge in [0.15, 0.2) is 0 Å². The number of ether oxygens (including phenoxy) is 2. The van der Waals surface area contributed by atoms with Crippen molar-refractivity contribution in [3.63, 3.8) is 0 Å². The molecule has 1 N–H and O–H groups in total. The molecule has 33 heavy (non-hydrogen) atoms. The van der Waals surface area contributed by atoms with Crippen LogP contribution >= 0.6 is 0 Å². The summed E-state index contributed by atoms with van der Waals surface area (Å²) in [4.78, 5) is 39.0. The Morgan fingerprint density at radius 3 is 2.39 bits per heavy atom. The number of rotatable bonds is 7. The molecule has 0 aromatic heterocycles. The summed E-state index contributed by atoms with van der Waals surface area (Å²) in [5.74, 6) is -3.19. The molecule has 8 heteroatoms. The van der Waals surface area contributed by atoms with Crippen LogP contribution in [-0.2, 0) is 16.0 Å². The highest BCUT2D eigenvalue weighted by Crippen LogP contribution is 2.45. The monoisotopic (exact) mass is 451 g/mol. The number of hydrogen-bond acceptors (Lipinski definition) is 6. The number of carbonyl (C=O) groups excluding carboxylic acids is 3. The molecule has 3 aromatic rings. The van der Waals surface area contributed by atoms with Crippen molar-refractivity contribution in [2.45, 2.75) is 26.7 Å². The predicted octanol–water partition coefficient (Wildman–Crippen LogP) is 4.38. The predicted molar refractivity (Wildman–Crippen MR) is 119 cm³/mol. The molecule has 0 saturated carbocycles. The fourth-order valence-corrected chi connectivity index (χ4v) is 3.91. The average molecular weight is 451 g/mol. The number of carbonyl (C=O) groups is 3. The Hall–Kier alpha value is -3.94. The van der Waals surface area contributed by atoms with Crippen molar-refractivity contribution in [2.24, 2.45) is 0 Å². The van der Waals surface area contributed by atoms with E-state index in [-0.39, 0.29) is 41.3 Å². The number of esters is 1. The number of imide groups is 1. The van der Waals surface area contributed by atoms with E-state index in [9.17, 15) is 23.9 Å². The average Bonchev–Trinajstić information content (AvgIpc) is 3.05. The second-order valence-corrected chi connectivity index (χ2v) is 7.54. The molecule has 0 fully saturated rings. The molecule has 2 amide bonds. The first-order valence-electron chi connectivity index (χ1n) is 10.6. The fourth-order valence-electron chi connectivity index (χ4n) is 3.91. The van der Waals surface area contributed by atoms with Gasteiger partial charge in [-0.15, -0.1) is 0 Å². The summed E-state index contributed by atoms with van der Waals surface area (Å²) >= 11 is 0. The Labute approximate surface area is 189 Å². The maximum absolute atomic E-state index is 15.0. The molecule has 3 aromatic carbocycles. The first kappa shape index (κ1) is 22.3. The summed E-state index contributed by atoms with van der Waals surface area (Å²) in [7, 11) is 0. The quantitative estimate of drug-likeness (QED) is 0.423. The standard InChI is InChI=1S/C25H22FNO6/c1-3-11-33-23-16-8-6-5-7-15(16)22(29)20-21(23)25(31)27(24(20)30)18-10-9-14(12-17(18)26)13-19(28)32-4-2/h5-10,12,29H,3-4,11,13H2,1-2H3. The molecule has 170 valence electrons. The number of anilines is 1. The number of fused-ring (bicyclic) bond motifs is 2. The van der Waals surface area contributed by atoms with Gasteiger partial charge in [0.2, 0.25) is 0 Å². The third-order valence-electron chi connectivity index (χ3n) is 5.33. The van der Waals surface area contributed by atoms with E-state index in [4.69, 9.17) is 9.47 Å². The van der Waals surface area contributed by atoms with Crippen LogP contribution in [0.25, 0.3) is 10.8 Å². The Bertz CT molecular complexity index is 1290. The molecule has 0 bridgehead atoms. The second kappa shape index (κ2) is 8.90. The summed E-state index contributed by atoms with van der Waals surface area (Å²) in [6.07, 6.45) is 0.515. The number of halogens is 1. The van der Waals surface area contributed by atoms with Crippen LogP contribution in [0.15, 0.2) is 42.5 Å². The summed E-state index contributed by atoms with van der Waals surface area (Å²) in [5, 5.41) is 11.7. The van der Waals surface area contributed by atoms with Crippen LogP contribution in [0.1, 0.15) is 46.5 Å². The first-order valence-corrected chi connectivity index (χ1v) is 10.6. The van der Waals surface area contributed by atoms with Crippen LogP contribution in [-0.4, -0.2) is 36.1 Å². The summed E-state index contributed by atoms with van der Waals surface area (Å²) < 4.78 is 25.7. The van der Waals surface area contributed by atoms with Gasteiger partial charge in [-0.1, -0.05) is 37.3 Å². The lowest BCUT2D eigenvalue weighted by atomic mass is 9.99. The molecular weight excluding hydrogens is 429 g/mol. The van der Waals surface area contributed by atoms with Crippen LogP contribution in [0.5, 0.6) is 11.5 Å². The highest BCUT2D eigenvalue weighted by Gasteiger charge is 2.44. The van der Waals surface area contributed by atoms with Crippen molar-refractivity contribution in [1.29, 1.82) is 0 Å². The topological polar surface area (TPSA) is 93.1 Å². The molecule has 4 rings (SSSR count). The normalized spacial score (nSPS) is 12.9. The van der Waals surface area contributed by atoms with Crippen LogP contribution in [0, 0.1) is 5.82 Å². The molecule has 7 nitrogen and oxygen atoms in total. The third kappa shape index (κ3) is 3.77. The van der Waals surface area contributed by atoms with E-state index in [0.717, 1.165) is 6.07 Å². The first-order chi connectivity index (χ1) is 15.9. The zero-order valence-corrected chi connectivity index (χ0v) is 18.2. The molecule has 0 saturated heterocycles. The minimum absolute atomic E-state index is 0.0975. The molecular formula is C25H22FNO6. The van der Waals surface area contributed by atoms with Gasteiger partial charge in [0.05, 0.1) is 36.4 Å². The van der Waals surface area contributed by atoms with E-state index in [0.29, 0.717) is 34.3 Å². The number of aromatic hydroxyl groups is 1. The van der Waals surface area contributed by atoms with E-state index in [1.54, 1.807) is 31.2 Å². The van der Waals surface area contributed by atoms with Crippen LogP contribution in [0.4, 0.5) is 10.1 Å². The van der Waals surface area contributed by atoms with Crippen molar-refractivity contribution in [3.05, 3.63) is 65.0 Å². The molecule has 0 atom stereocenters. The van der Waals surface area contributed by atoms with Gasteiger partial charge in [0, 0.05) is 10.8 Å². The number of amides is 2. The lowest BCUT2D eigenvalue weighted by Crippen LogP contribution is -2.30. The van der Waals surface area contributed by atoms with E-state index < -0.39 is 23.6 Å². The maximum Gasteiger partial charge on any atom is 0.310 e. The van der Waals surface area contributed by atoms with Gasteiger partial charge in [-0.25, -0.2) is 9.29 Å². The van der Waals surface area contributed by atoms with Gasteiger partial charge < -0.3 is 14.6 Å². The van der Waals surface area contributed by atoms with E-state index in [2.05, 4.69) is 0 Å². The Morgan fingerprint density at radius 2 is 1.73 bits per heavy atom. The van der Waals surface area contributed by atoms with Crippen molar-refractivity contribution >= 4 is 34.2 Å². The zero-order chi connectivity index (χ0) is 23.7. The SMILES string of the molecule is CCCOc1c2c(c(O)c3ccccc13)C(=O)N(c1ccc(CC(=O)OCC)cc1F)C2=O. The lowest BCUT2D eigenvalue weighted by molar-refractivity contribution is -0.142. The molecule has 1 heterocycles. The second-order valence-electron chi connectivity index (χ2n) is 7.54. The Balaban J connectivity index is 1.81. The largest absolute Gasteiger partial charge is 0.506 e. The summed E-state index contributed by atoms with van der Waals surface area (Å²) in [6, 6.07) is 10.5. The molecule has 1 aliphatic heterocycles. The summed E-state index contributed by atoms with van der Waals surface area (Å²) in [5.41, 5.74) is -0.259. The zero-order valence-electron chi connectivity index (χ0n) is 18.2. The van der Waals surface area contributed by atoms with Crippen molar-refractivity contribution in [3.8, 4) is 11.5 Å². The van der Waals surface area contributed by atoms with E-state index >= 15 is 0 Å². The fraction of sp³-hybridized carbons (Fsp3) is 0.240. The third-order valence-corrected chi connectivity index (χ3v) is 5.33. The van der Waals surface area contributed by atoms with Crippen LogP contribution < -0.4 is 9.64 Å². The van der Waals surface area contributed by atoms with Gasteiger partial charge in [0.25, 0.3) is 11.8 Å². The molecule has 0 radical (unpaired) electrons. The maximum atomic E-state index is 15.0. The van der Waals surface area contributed by atoms with Gasteiger partial charge in [0.1, 0.15) is 17.3 Å². The highest BCUT2D eigenvalue weighted by atomic mass is 19.1. The van der Waals surface area contributed by atoms with Gasteiger partial charge in [-0.2, -0.15) is 0 Å². The van der Waals surface area contributed by atoms with E-state index in [1.165, 1.54) is 12.1 Å². The Morgan fingerprint density at radius 1 is 1.03 bits per heavy atom. The molecule has 1 aliphatic rings. The van der Waals surface area contributed by atoms with Gasteiger partial charge >= 0.3 is 5.97 Å². The van der Waals surface area contributed by atoms with E-state index in [1.807, 2.05) is 6.92 Å². The number of nitrogens with zero attached hydrogens (tertiary/aromatic N) is 1. The molecule has 0 unspecified atom stereocenters. The van der Waals surface area contributed by atoms with Crippen molar-refractivity contribution in [2.75, 3.05) is 18.1 Å². The molecule has 0 aliphatic carbocycles. The summed E-state index contributed by atoms with van der Waals surface area (Å²) in [6.45, 7) is 4.06. The number of phenols is 1. The lowest BCUT2D eigenvalue weighted by Gasteiger charge is -2.16. The molecule has 0 spiro atoms. The smallest absolute Gasteiger partial charge is 0.310 e. The van der Waals surface area contributed by atoms with Gasteiger partial charge in [-0.3, -0.25) is 14.4 Å². The highest BCUT2D eigenvalue weighted by molar-refractivity contribution is 6.38. The van der Waals surface area contributed by atoms with Crippen LogP contribution in [0.2, 0.25) is 0 Å². The number of phenolic OH excluding ortho intramolecular Hbond substituents is 1. The number of benzene rings is 3. The number of hydrogen-bond donors (Lipinski definition) is 1.